The number of fused-ring (bicyclic) bond motifs is 1. The molecule has 2 aromatic carbocycles. The molecule has 0 fully saturated rings. The molecule has 1 aliphatic heterocycles. The maximum absolute atomic E-state index is 10.3. The molecule has 0 aromatic heterocycles. The molecule has 5 nitrogen and oxygen atoms in total. The summed E-state index contributed by atoms with van der Waals surface area (Å²) in [6, 6.07) is 12.1. The Morgan fingerprint density at radius 2 is 1.61 bits per heavy atom. The Kier molecular flexibility index (Phi) is 8.20. The molecular weight excluding hydrogens is 374 g/mol. The number of unbranched alkanes of at least 4 members (excludes halogenated alkanes) is 4. The molecule has 28 heavy (non-hydrogen) atoms. The van der Waals surface area contributed by atoms with Gasteiger partial charge in [0.2, 0.25) is 0 Å². The van der Waals surface area contributed by atoms with Crippen molar-refractivity contribution in [2.24, 2.45) is 0 Å². The molecule has 0 atom stereocenters. The molecule has 3 rings (SSSR count). The number of hydrogen-bond acceptors (Lipinski definition) is 3. The van der Waals surface area contributed by atoms with Crippen molar-refractivity contribution in [3.8, 4) is 0 Å². The van der Waals surface area contributed by atoms with Crippen LogP contribution in [0.15, 0.2) is 42.5 Å². The summed E-state index contributed by atoms with van der Waals surface area (Å²) in [5, 5.41) is 27.2. The Morgan fingerprint density at radius 3 is 2.25 bits per heavy atom. The second kappa shape index (κ2) is 10.6. The highest BCUT2D eigenvalue weighted by Crippen LogP contribution is 2.19. The number of nitrogens with one attached hydrogen (secondary N) is 3. The number of amidine groups is 2. The number of carbonyl (C=O) groups is 1. The van der Waals surface area contributed by atoms with Crippen molar-refractivity contribution >= 4 is 29.2 Å². The standard InChI is InChI=1S/C15H21N3.C7H5ClO2/c1-2-3-4-5-6-7-11-8-9-12-13(10-11)15(17)18-14(12)16;8-6-3-1-5(2-4-6)7(9)10/h8-10H,2-7H2,1H3,(H3,16,17,18);1-4H,(H,9,10). The first-order valence-electron chi connectivity index (χ1n) is 9.49. The van der Waals surface area contributed by atoms with Crippen molar-refractivity contribution < 1.29 is 9.90 Å². The molecule has 0 radical (unpaired) electrons. The van der Waals surface area contributed by atoms with Gasteiger partial charge in [0.15, 0.2) is 0 Å². The Hall–Kier alpha value is -2.66. The second-order valence-electron chi connectivity index (χ2n) is 6.73. The summed E-state index contributed by atoms with van der Waals surface area (Å²) < 4.78 is 0. The molecule has 0 saturated heterocycles. The largest absolute Gasteiger partial charge is 0.478 e. The van der Waals surface area contributed by atoms with Crippen LogP contribution in [0.4, 0.5) is 0 Å². The maximum atomic E-state index is 10.3. The summed E-state index contributed by atoms with van der Waals surface area (Å²) in [6.07, 6.45) is 7.52. The zero-order chi connectivity index (χ0) is 20.5. The first kappa shape index (κ1) is 21.6. The Bertz CT molecular complexity index is 847. The lowest BCUT2D eigenvalue weighted by molar-refractivity contribution is 0.0697. The van der Waals surface area contributed by atoms with Crippen LogP contribution < -0.4 is 5.32 Å². The van der Waals surface area contributed by atoms with Crippen molar-refractivity contribution in [3.05, 3.63) is 69.7 Å². The van der Waals surface area contributed by atoms with Gasteiger partial charge in [-0.3, -0.25) is 10.8 Å². The molecule has 0 aliphatic carbocycles. The lowest BCUT2D eigenvalue weighted by Crippen LogP contribution is -2.20. The number of halogens is 1. The van der Waals surface area contributed by atoms with Crippen molar-refractivity contribution in [1.82, 2.24) is 5.32 Å². The van der Waals surface area contributed by atoms with E-state index in [0.717, 1.165) is 17.5 Å². The van der Waals surface area contributed by atoms with E-state index in [0.29, 0.717) is 16.7 Å². The van der Waals surface area contributed by atoms with Gasteiger partial charge in [-0.25, -0.2) is 4.79 Å². The minimum atomic E-state index is -0.934. The molecule has 1 heterocycles. The minimum Gasteiger partial charge on any atom is -0.478 e. The van der Waals surface area contributed by atoms with Crippen LogP contribution in [0.5, 0.6) is 0 Å². The van der Waals surface area contributed by atoms with Crippen molar-refractivity contribution in [2.75, 3.05) is 0 Å². The molecule has 148 valence electrons. The lowest BCUT2D eigenvalue weighted by Gasteiger charge is -2.04. The Morgan fingerprint density at radius 1 is 0.964 bits per heavy atom. The van der Waals surface area contributed by atoms with Crippen molar-refractivity contribution in [1.29, 1.82) is 10.8 Å². The third-order valence-corrected chi connectivity index (χ3v) is 4.78. The lowest BCUT2D eigenvalue weighted by atomic mass is 10.0. The second-order valence-corrected chi connectivity index (χ2v) is 7.17. The predicted molar refractivity (Wildman–Crippen MR) is 114 cm³/mol. The smallest absolute Gasteiger partial charge is 0.335 e. The fourth-order valence-electron chi connectivity index (χ4n) is 2.96. The molecule has 2 aromatic rings. The number of aryl methyl sites for hydroxylation is 1. The van der Waals surface area contributed by atoms with Crippen LogP contribution in [0.3, 0.4) is 0 Å². The van der Waals surface area contributed by atoms with Gasteiger partial charge in [-0.15, -0.1) is 0 Å². The van der Waals surface area contributed by atoms with E-state index < -0.39 is 5.97 Å². The van der Waals surface area contributed by atoms with Gasteiger partial charge in [-0.1, -0.05) is 56.3 Å². The van der Waals surface area contributed by atoms with Gasteiger partial charge in [0.25, 0.3) is 0 Å². The minimum absolute atomic E-state index is 0.254. The van der Waals surface area contributed by atoms with E-state index in [1.165, 1.54) is 49.8 Å². The summed E-state index contributed by atoms with van der Waals surface area (Å²) in [4.78, 5) is 10.3. The van der Waals surface area contributed by atoms with E-state index in [4.69, 9.17) is 27.5 Å². The fourth-order valence-corrected chi connectivity index (χ4v) is 3.08. The Labute approximate surface area is 170 Å². The molecule has 0 bridgehead atoms. The SMILES string of the molecule is CCCCCCCc1ccc2c(c1)C(=N)NC2=N.O=C(O)c1ccc(Cl)cc1. The number of aromatic carboxylic acids is 1. The first-order valence-corrected chi connectivity index (χ1v) is 9.86. The predicted octanol–water partition coefficient (Wildman–Crippen LogP) is 5.49. The topological polar surface area (TPSA) is 97.0 Å². The average molecular weight is 400 g/mol. The molecular formula is C22H26ClN3O2. The molecule has 0 amide bonds. The number of carboxylic acids is 1. The van der Waals surface area contributed by atoms with Gasteiger partial charge < -0.3 is 10.4 Å². The third-order valence-electron chi connectivity index (χ3n) is 4.53. The maximum Gasteiger partial charge on any atom is 0.335 e. The summed E-state index contributed by atoms with van der Waals surface area (Å²) >= 11 is 5.52. The van der Waals surface area contributed by atoms with Crippen LogP contribution in [-0.2, 0) is 6.42 Å². The zero-order valence-electron chi connectivity index (χ0n) is 16.0. The van der Waals surface area contributed by atoms with Gasteiger partial charge in [0.1, 0.15) is 11.7 Å². The van der Waals surface area contributed by atoms with Crippen molar-refractivity contribution in [2.45, 2.75) is 45.4 Å². The summed E-state index contributed by atoms with van der Waals surface area (Å²) in [5.41, 5.74) is 3.27. The number of benzene rings is 2. The first-order chi connectivity index (χ1) is 13.4. The molecule has 6 heteroatoms. The highest BCUT2D eigenvalue weighted by atomic mass is 35.5. The summed E-state index contributed by atoms with van der Waals surface area (Å²) in [7, 11) is 0. The normalized spacial score (nSPS) is 12.1. The highest BCUT2D eigenvalue weighted by molar-refractivity contribution is 6.30. The van der Waals surface area contributed by atoms with E-state index in [2.05, 4.69) is 24.4 Å². The van der Waals surface area contributed by atoms with Crippen molar-refractivity contribution in [3.63, 3.8) is 0 Å². The average Bonchev–Trinajstić information content (AvgIpc) is 2.96. The third kappa shape index (κ3) is 6.20. The van der Waals surface area contributed by atoms with Gasteiger partial charge >= 0.3 is 5.97 Å². The Balaban J connectivity index is 0.000000237. The molecule has 1 aliphatic rings. The van der Waals surface area contributed by atoms with Crippen LogP contribution >= 0.6 is 11.6 Å². The van der Waals surface area contributed by atoms with Crippen LogP contribution in [0.25, 0.3) is 0 Å². The molecule has 0 unspecified atom stereocenters. The van der Waals surface area contributed by atoms with E-state index >= 15 is 0 Å². The quantitative estimate of drug-likeness (QED) is 0.463. The zero-order valence-corrected chi connectivity index (χ0v) is 16.8. The van der Waals surface area contributed by atoms with Crippen LogP contribution in [0.2, 0.25) is 5.02 Å². The van der Waals surface area contributed by atoms with E-state index in [-0.39, 0.29) is 5.56 Å². The molecule has 4 N–H and O–H groups in total. The highest BCUT2D eigenvalue weighted by Gasteiger charge is 2.20. The summed E-state index contributed by atoms with van der Waals surface area (Å²) in [6.45, 7) is 2.23. The summed E-state index contributed by atoms with van der Waals surface area (Å²) in [5.74, 6) is -0.219. The van der Waals surface area contributed by atoms with Gasteiger partial charge in [0.05, 0.1) is 5.56 Å². The van der Waals surface area contributed by atoms with Gasteiger partial charge in [-0.2, -0.15) is 0 Å². The molecule has 0 spiro atoms. The van der Waals surface area contributed by atoms with E-state index in [9.17, 15) is 4.79 Å². The number of hydrogen-bond donors (Lipinski definition) is 4. The van der Waals surface area contributed by atoms with E-state index in [1.54, 1.807) is 12.1 Å². The van der Waals surface area contributed by atoms with E-state index in [1.807, 2.05) is 6.07 Å². The monoisotopic (exact) mass is 399 g/mol. The number of rotatable bonds is 7. The van der Waals surface area contributed by atoms with Crippen LogP contribution in [0.1, 0.15) is 66.1 Å². The number of carboxylic acid groups (broad SMARTS) is 1. The van der Waals surface area contributed by atoms with Crippen LogP contribution in [-0.4, -0.2) is 22.7 Å². The van der Waals surface area contributed by atoms with Gasteiger partial charge in [-0.05, 0) is 48.7 Å². The van der Waals surface area contributed by atoms with Crippen LogP contribution in [0, 0.1) is 10.8 Å². The molecule has 0 saturated carbocycles. The van der Waals surface area contributed by atoms with Gasteiger partial charge in [0, 0.05) is 16.1 Å². The fraction of sp³-hybridized carbons (Fsp3) is 0.318.